The third kappa shape index (κ3) is 2.90. The lowest BCUT2D eigenvalue weighted by Gasteiger charge is -2.34. The maximum Gasteiger partial charge on any atom is 0.273 e. The number of nitrogens with zero attached hydrogens (tertiary/aromatic N) is 2. The molecule has 0 saturated carbocycles. The molecule has 2 rings (SSSR count). The second kappa shape index (κ2) is 5.79. The number of piperazine rings is 1. The van der Waals surface area contributed by atoms with Gasteiger partial charge in [0.25, 0.3) is 5.91 Å². The number of pyridine rings is 1. The summed E-state index contributed by atoms with van der Waals surface area (Å²) < 4.78 is 0. The van der Waals surface area contributed by atoms with Crippen LogP contribution in [0.15, 0.2) is 18.2 Å². The molecule has 1 atom stereocenters. The molecule has 1 aliphatic heterocycles. The average molecular weight is 262 g/mol. The van der Waals surface area contributed by atoms with Crippen LogP contribution in [0.4, 0.5) is 0 Å². The quantitative estimate of drug-likeness (QED) is 0.757. The fourth-order valence-electron chi connectivity index (χ4n) is 2.16. The van der Waals surface area contributed by atoms with Crippen LogP contribution in [0.1, 0.15) is 16.2 Å². The summed E-state index contributed by atoms with van der Waals surface area (Å²) in [5, 5.41) is 5.71. The van der Waals surface area contributed by atoms with Crippen LogP contribution in [0, 0.1) is 6.92 Å². The highest BCUT2D eigenvalue weighted by atomic mass is 16.2. The lowest BCUT2D eigenvalue weighted by Crippen LogP contribution is -2.59. The average Bonchev–Trinajstić information content (AvgIpc) is 2.45. The molecule has 0 radical (unpaired) electrons. The van der Waals surface area contributed by atoms with Crippen molar-refractivity contribution in [3.8, 4) is 0 Å². The summed E-state index contributed by atoms with van der Waals surface area (Å²) in [6.07, 6.45) is 0. The molecule has 2 N–H and O–H groups in total. The van der Waals surface area contributed by atoms with E-state index < -0.39 is 6.04 Å². The van der Waals surface area contributed by atoms with Crippen LogP contribution in [0.3, 0.4) is 0 Å². The lowest BCUT2D eigenvalue weighted by molar-refractivity contribution is -0.125. The number of aryl methyl sites for hydroxylation is 1. The first-order valence-corrected chi connectivity index (χ1v) is 6.30. The number of aromatic nitrogens is 1. The number of amides is 2. The highest BCUT2D eigenvalue weighted by molar-refractivity contribution is 5.96. The van der Waals surface area contributed by atoms with Crippen molar-refractivity contribution in [2.75, 3.05) is 26.7 Å². The summed E-state index contributed by atoms with van der Waals surface area (Å²) >= 11 is 0. The number of likely N-dealkylation sites (N-methyl/N-ethyl adjacent to an activating group) is 1. The Morgan fingerprint density at radius 2 is 2.26 bits per heavy atom. The van der Waals surface area contributed by atoms with Crippen molar-refractivity contribution in [2.24, 2.45) is 0 Å². The van der Waals surface area contributed by atoms with E-state index in [0.717, 1.165) is 5.69 Å². The number of nitrogens with one attached hydrogen (secondary N) is 2. The van der Waals surface area contributed by atoms with Gasteiger partial charge in [-0.05, 0) is 19.1 Å². The Hall–Kier alpha value is -1.95. The van der Waals surface area contributed by atoms with Crippen molar-refractivity contribution in [1.82, 2.24) is 20.5 Å². The zero-order valence-electron chi connectivity index (χ0n) is 11.1. The summed E-state index contributed by atoms with van der Waals surface area (Å²) in [5.41, 5.74) is 1.17. The van der Waals surface area contributed by atoms with Crippen LogP contribution in [0.25, 0.3) is 0 Å². The van der Waals surface area contributed by atoms with Crippen LogP contribution >= 0.6 is 0 Å². The van der Waals surface area contributed by atoms with Crippen molar-refractivity contribution >= 4 is 11.8 Å². The Labute approximate surface area is 112 Å². The van der Waals surface area contributed by atoms with Crippen molar-refractivity contribution in [2.45, 2.75) is 13.0 Å². The monoisotopic (exact) mass is 262 g/mol. The van der Waals surface area contributed by atoms with Gasteiger partial charge in [-0.3, -0.25) is 9.59 Å². The largest absolute Gasteiger partial charge is 0.357 e. The van der Waals surface area contributed by atoms with Gasteiger partial charge in [0.05, 0.1) is 0 Å². The summed E-state index contributed by atoms with van der Waals surface area (Å²) in [5.74, 6) is -0.355. The predicted molar refractivity (Wildman–Crippen MR) is 70.7 cm³/mol. The van der Waals surface area contributed by atoms with E-state index >= 15 is 0 Å². The molecule has 0 aromatic carbocycles. The molecule has 1 aromatic heterocycles. The van der Waals surface area contributed by atoms with E-state index in [2.05, 4.69) is 15.6 Å². The Balaban J connectivity index is 2.22. The molecule has 0 aliphatic carbocycles. The van der Waals surface area contributed by atoms with E-state index in [9.17, 15) is 9.59 Å². The van der Waals surface area contributed by atoms with E-state index in [4.69, 9.17) is 0 Å². The molecule has 0 bridgehead atoms. The molecule has 1 unspecified atom stereocenters. The maximum absolute atomic E-state index is 12.4. The van der Waals surface area contributed by atoms with E-state index in [1.165, 1.54) is 0 Å². The van der Waals surface area contributed by atoms with Crippen molar-refractivity contribution < 1.29 is 9.59 Å². The lowest BCUT2D eigenvalue weighted by atomic mass is 10.1. The highest BCUT2D eigenvalue weighted by Crippen LogP contribution is 2.10. The zero-order chi connectivity index (χ0) is 13.8. The van der Waals surface area contributed by atoms with Gasteiger partial charge < -0.3 is 15.5 Å². The SMILES string of the molecule is CNC(=O)C1CNCCN1C(=O)c1cccc(C)n1. The van der Waals surface area contributed by atoms with Gasteiger partial charge in [0.2, 0.25) is 5.91 Å². The molecule has 2 amide bonds. The molecule has 1 aliphatic rings. The number of hydrogen-bond acceptors (Lipinski definition) is 4. The second-order valence-corrected chi connectivity index (χ2v) is 4.50. The molecule has 19 heavy (non-hydrogen) atoms. The van der Waals surface area contributed by atoms with E-state index in [-0.39, 0.29) is 11.8 Å². The fourth-order valence-corrected chi connectivity index (χ4v) is 2.16. The standard InChI is InChI=1S/C13H18N4O2/c1-9-4-3-5-10(16-9)13(19)17-7-6-15-8-11(17)12(18)14-2/h3-5,11,15H,6-8H2,1-2H3,(H,14,18). The molecule has 2 heterocycles. The molecule has 0 spiro atoms. The minimum absolute atomic E-state index is 0.159. The van der Waals surface area contributed by atoms with Gasteiger partial charge in [-0.15, -0.1) is 0 Å². The highest BCUT2D eigenvalue weighted by Gasteiger charge is 2.32. The third-order valence-corrected chi connectivity index (χ3v) is 3.16. The Bertz CT molecular complexity index is 489. The fraction of sp³-hybridized carbons (Fsp3) is 0.462. The van der Waals surface area contributed by atoms with Crippen LogP contribution < -0.4 is 10.6 Å². The predicted octanol–water partition coefficient (Wildman–Crippen LogP) is -0.450. The van der Waals surface area contributed by atoms with E-state index in [1.54, 1.807) is 24.1 Å². The van der Waals surface area contributed by atoms with Gasteiger partial charge in [-0.2, -0.15) is 0 Å². The molecule has 6 nitrogen and oxygen atoms in total. The van der Waals surface area contributed by atoms with E-state index in [1.807, 2.05) is 13.0 Å². The third-order valence-electron chi connectivity index (χ3n) is 3.16. The molecule has 6 heteroatoms. The first kappa shape index (κ1) is 13.5. The van der Waals surface area contributed by atoms with Crippen molar-refractivity contribution in [1.29, 1.82) is 0 Å². The number of rotatable bonds is 2. The first-order valence-electron chi connectivity index (χ1n) is 6.30. The molecule has 1 aromatic rings. The van der Waals surface area contributed by atoms with Crippen LogP contribution in [-0.2, 0) is 4.79 Å². The van der Waals surface area contributed by atoms with Gasteiger partial charge in [0.15, 0.2) is 0 Å². The van der Waals surface area contributed by atoms with Gasteiger partial charge in [-0.1, -0.05) is 6.07 Å². The molecule has 1 saturated heterocycles. The summed E-state index contributed by atoms with van der Waals surface area (Å²) in [6.45, 7) is 3.50. The molecular weight excluding hydrogens is 244 g/mol. The second-order valence-electron chi connectivity index (χ2n) is 4.50. The van der Waals surface area contributed by atoms with Crippen LogP contribution in [0.5, 0.6) is 0 Å². The minimum atomic E-state index is -0.478. The minimum Gasteiger partial charge on any atom is -0.357 e. The van der Waals surface area contributed by atoms with Crippen LogP contribution in [-0.4, -0.2) is 54.4 Å². The molecule has 102 valence electrons. The van der Waals surface area contributed by atoms with Gasteiger partial charge in [0, 0.05) is 32.4 Å². The molecule has 1 fully saturated rings. The Morgan fingerprint density at radius 3 is 2.95 bits per heavy atom. The number of carbonyl (C=O) groups is 2. The normalized spacial score (nSPS) is 19.1. The first-order chi connectivity index (χ1) is 9.13. The number of carbonyl (C=O) groups excluding carboxylic acids is 2. The van der Waals surface area contributed by atoms with Gasteiger partial charge in [0.1, 0.15) is 11.7 Å². The van der Waals surface area contributed by atoms with Crippen molar-refractivity contribution in [3.05, 3.63) is 29.6 Å². The zero-order valence-corrected chi connectivity index (χ0v) is 11.1. The van der Waals surface area contributed by atoms with Crippen LogP contribution in [0.2, 0.25) is 0 Å². The summed E-state index contributed by atoms with van der Waals surface area (Å²) in [7, 11) is 1.57. The van der Waals surface area contributed by atoms with E-state index in [0.29, 0.717) is 25.3 Å². The smallest absolute Gasteiger partial charge is 0.273 e. The van der Waals surface area contributed by atoms with Gasteiger partial charge in [-0.25, -0.2) is 4.98 Å². The topological polar surface area (TPSA) is 74.3 Å². The number of hydrogen-bond donors (Lipinski definition) is 2. The summed E-state index contributed by atoms with van der Waals surface area (Å²) in [4.78, 5) is 30.1. The summed E-state index contributed by atoms with van der Waals surface area (Å²) in [6, 6.07) is 4.84. The van der Waals surface area contributed by atoms with Gasteiger partial charge >= 0.3 is 0 Å². The van der Waals surface area contributed by atoms with Crippen molar-refractivity contribution in [3.63, 3.8) is 0 Å². The molecular formula is C13H18N4O2. The Morgan fingerprint density at radius 1 is 1.47 bits per heavy atom. The maximum atomic E-state index is 12.4. The Kier molecular flexibility index (Phi) is 4.11.